The van der Waals surface area contributed by atoms with Gasteiger partial charge in [-0.1, -0.05) is 24.3 Å². The topological polar surface area (TPSA) is 283 Å². The van der Waals surface area contributed by atoms with Gasteiger partial charge in [0, 0.05) is 5.92 Å². The van der Waals surface area contributed by atoms with Crippen LogP contribution in [0.4, 0.5) is 0 Å². The number of hydrogen-bond donors (Lipinski definition) is 10. The number of ether oxygens (including phenoxy) is 5. The molecule has 2 aliphatic heterocycles. The molecule has 11 atom stereocenters. The third-order valence-corrected chi connectivity index (χ3v) is 9.00. The summed E-state index contributed by atoms with van der Waals surface area (Å²) >= 11 is 0. The predicted octanol–water partition coefficient (Wildman–Crippen LogP) is -2.40. The van der Waals surface area contributed by atoms with E-state index >= 15 is 0 Å². The zero-order chi connectivity index (χ0) is 37.6. The van der Waals surface area contributed by atoms with Gasteiger partial charge in [-0.3, -0.25) is 4.79 Å². The fraction of sp³-hybridized carbons (Fsp3) is 0.588. The van der Waals surface area contributed by atoms with Crippen molar-refractivity contribution in [3.05, 3.63) is 59.7 Å². The first-order valence-electron chi connectivity index (χ1n) is 16.3. The zero-order valence-electron chi connectivity index (χ0n) is 27.9. The van der Waals surface area contributed by atoms with E-state index in [0.29, 0.717) is 12.8 Å². The lowest BCUT2D eigenvalue weighted by Gasteiger charge is -2.39. The molecule has 0 aromatic heterocycles. The number of hydrogen-bond acceptors (Lipinski definition) is 16. The maximum atomic E-state index is 12.7. The van der Waals surface area contributed by atoms with Gasteiger partial charge in [-0.25, -0.2) is 4.79 Å². The highest BCUT2D eigenvalue weighted by atomic mass is 16.7. The van der Waals surface area contributed by atoms with Crippen molar-refractivity contribution in [1.29, 1.82) is 0 Å². The molecule has 0 saturated carbocycles. The van der Waals surface area contributed by atoms with Crippen LogP contribution in [0.25, 0.3) is 0 Å². The molecule has 0 spiro atoms. The van der Waals surface area contributed by atoms with Crippen molar-refractivity contribution in [2.45, 2.75) is 106 Å². The molecule has 2 aromatic carbocycles. The number of carboxylic acid groups (broad SMARTS) is 1. The molecule has 4 rings (SSSR count). The largest absolute Gasteiger partial charge is 0.481 e. The molecule has 2 fully saturated rings. The Morgan fingerprint density at radius 2 is 1.08 bits per heavy atom. The first-order valence-corrected chi connectivity index (χ1v) is 16.3. The van der Waals surface area contributed by atoms with Crippen LogP contribution in [0.5, 0.6) is 11.5 Å². The van der Waals surface area contributed by atoms with Gasteiger partial charge in [-0.15, -0.1) is 0 Å². The smallest absolute Gasteiger partial charge is 0.336 e. The fourth-order valence-corrected chi connectivity index (χ4v) is 5.80. The van der Waals surface area contributed by atoms with E-state index in [1.54, 1.807) is 62.4 Å². The SMILES string of the molecule is CC(C)(OC(=O)C(O)CC(=O)O)C(Cc1ccc(O[C@@H]2O[C@H](CO)[C@@H](O)[C@H](O)[C@H]2O)cc1)Cc1ccc(O[C@@H]2O[C@H](CO)[C@@H](O)[C@H](O)[C@H]2O)cc1. The Labute approximate surface area is 292 Å². The lowest BCUT2D eigenvalue weighted by atomic mass is 9.80. The first-order chi connectivity index (χ1) is 24.0. The minimum absolute atomic E-state index is 0.233. The molecule has 10 N–H and O–H groups in total. The monoisotopic (exact) mass is 726 g/mol. The van der Waals surface area contributed by atoms with Gasteiger partial charge in [0.15, 0.2) is 6.10 Å². The van der Waals surface area contributed by atoms with E-state index < -0.39 is 111 Å². The van der Waals surface area contributed by atoms with Crippen LogP contribution in [0.1, 0.15) is 31.4 Å². The van der Waals surface area contributed by atoms with Crippen molar-refractivity contribution in [1.82, 2.24) is 0 Å². The molecule has 17 nitrogen and oxygen atoms in total. The summed E-state index contributed by atoms with van der Waals surface area (Å²) in [6, 6.07) is 13.0. The average molecular weight is 727 g/mol. The molecule has 17 heteroatoms. The van der Waals surface area contributed by atoms with Gasteiger partial charge >= 0.3 is 11.9 Å². The van der Waals surface area contributed by atoms with Crippen molar-refractivity contribution in [2.24, 2.45) is 5.92 Å². The van der Waals surface area contributed by atoms with Crippen molar-refractivity contribution in [2.75, 3.05) is 13.2 Å². The van der Waals surface area contributed by atoms with Gasteiger partial charge in [0.2, 0.25) is 12.6 Å². The maximum absolute atomic E-state index is 12.7. The first kappa shape index (κ1) is 40.3. The number of carbonyl (C=O) groups is 2. The molecule has 2 aliphatic rings. The fourth-order valence-electron chi connectivity index (χ4n) is 5.80. The molecule has 1 unspecified atom stereocenters. The molecule has 284 valence electrons. The second-order valence-corrected chi connectivity index (χ2v) is 13.2. The van der Waals surface area contributed by atoms with Gasteiger partial charge in [-0.2, -0.15) is 0 Å². The Balaban J connectivity index is 1.49. The van der Waals surface area contributed by atoms with Crippen molar-refractivity contribution >= 4 is 11.9 Å². The van der Waals surface area contributed by atoms with Gasteiger partial charge in [0.25, 0.3) is 0 Å². The van der Waals surface area contributed by atoms with Crippen LogP contribution in [0.15, 0.2) is 48.5 Å². The molecule has 51 heavy (non-hydrogen) atoms. The third-order valence-electron chi connectivity index (χ3n) is 9.00. The highest BCUT2D eigenvalue weighted by molar-refractivity contribution is 5.81. The summed E-state index contributed by atoms with van der Waals surface area (Å²) in [5.41, 5.74) is 0.214. The highest BCUT2D eigenvalue weighted by Gasteiger charge is 2.46. The molecule has 0 amide bonds. The lowest BCUT2D eigenvalue weighted by Crippen LogP contribution is -2.60. The average Bonchev–Trinajstić information content (AvgIpc) is 3.09. The Morgan fingerprint density at radius 3 is 1.43 bits per heavy atom. The molecule has 2 heterocycles. The van der Waals surface area contributed by atoms with Gasteiger partial charge in [0.05, 0.1) is 19.6 Å². The maximum Gasteiger partial charge on any atom is 0.336 e. The molecule has 0 bridgehead atoms. The van der Waals surface area contributed by atoms with E-state index in [0.717, 1.165) is 11.1 Å². The van der Waals surface area contributed by atoms with E-state index in [-0.39, 0.29) is 11.5 Å². The van der Waals surface area contributed by atoms with E-state index in [1.807, 2.05) is 0 Å². The van der Waals surface area contributed by atoms with E-state index in [2.05, 4.69) is 0 Å². The summed E-state index contributed by atoms with van der Waals surface area (Å²) in [4.78, 5) is 23.7. The highest BCUT2D eigenvalue weighted by Crippen LogP contribution is 2.32. The molecule has 0 radical (unpaired) electrons. The molecule has 2 aromatic rings. The standard InChI is InChI=1S/C34H46O17/c1-34(2,51-31(46)21(37)13-24(38)39)18(11-16-3-7-19(8-4-16)47-32-29(44)27(42)25(40)22(14-35)49-32)12-17-5-9-20(10-6-17)48-33-30(45)28(43)26(41)23(15-36)50-33/h3-10,18,21-23,25-30,32-33,35-37,40-45H,11-15H2,1-2H3,(H,38,39)/t21?,22-,23-,25-,26-,27+,28+,29-,30-,32-,33-/m1/s1. The summed E-state index contributed by atoms with van der Waals surface area (Å²) < 4.78 is 27.8. The van der Waals surface area contributed by atoms with E-state index in [1.165, 1.54) is 0 Å². The number of carbonyl (C=O) groups excluding carboxylic acids is 1. The number of aliphatic carboxylic acids is 1. The van der Waals surface area contributed by atoms with Crippen molar-refractivity contribution in [3.63, 3.8) is 0 Å². The number of carboxylic acids is 1. The molecular formula is C34H46O17. The quantitative estimate of drug-likeness (QED) is 0.0857. The van der Waals surface area contributed by atoms with Crippen LogP contribution in [-0.2, 0) is 36.6 Å². The number of aliphatic hydroxyl groups is 9. The Bertz CT molecular complexity index is 1330. The second-order valence-electron chi connectivity index (χ2n) is 13.2. The summed E-state index contributed by atoms with van der Waals surface area (Å²) in [6.07, 6.45) is -16.8. The van der Waals surface area contributed by atoms with Crippen LogP contribution in [0.2, 0.25) is 0 Å². The summed E-state index contributed by atoms with van der Waals surface area (Å²) in [7, 11) is 0. The normalized spacial score (nSPS) is 30.4. The number of aliphatic hydroxyl groups excluding tert-OH is 9. The van der Waals surface area contributed by atoms with Crippen LogP contribution in [0.3, 0.4) is 0 Å². The second kappa shape index (κ2) is 17.4. The third kappa shape index (κ3) is 10.1. The van der Waals surface area contributed by atoms with Crippen LogP contribution < -0.4 is 9.47 Å². The van der Waals surface area contributed by atoms with Crippen LogP contribution in [-0.4, -0.2) is 149 Å². The van der Waals surface area contributed by atoms with Crippen LogP contribution >= 0.6 is 0 Å². The van der Waals surface area contributed by atoms with E-state index in [9.17, 15) is 55.5 Å². The number of esters is 1. The predicted molar refractivity (Wildman–Crippen MR) is 171 cm³/mol. The molecule has 2 saturated heterocycles. The number of rotatable bonds is 15. The Kier molecular flexibility index (Phi) is 13.7. The van der Waals surface area contributed by atoms with Gasteiger partial charge < -0.3 is 74.7 Å². The van der Waals surface area contributed by atoms with E-state index in [4.69, 9.17) is 28.8 Å². The molecule has 0 aliphatic carbocycles. The number of benzene rings is 2. The Morgan fingerprint density at radius 1 is 0.686 bits per heavy atom. The minimum atomic E-state index is -1.89. The zero-order valence-corrected chi connectivity index (χ0v) is 27.9. The van der Waals surface area contributed by atoms with Crippen molar-refractivity contribution in [3.8, 4) is 11.5 Å². The lowest BCUT2D eigenvalue weighted by molar-refractivity contribution is -0.277. The van der Waals surface area contributed by atoms with Crippen LogP contribution in [0, 0.1) is 5.92 Å². The van der Waals surface area contributed by atoms with Gasteiger partial charge in [-0.05, 0) is 62.1 Å². The summed E-state index contributed by atoms with van der Waals surface area (Å²) in [5.74, 6) is -2.51. The minimum Gasteiger partial charge on any atom is -0.481 e. The van der Waals surface area contributed by atoms with Gasteiger partial charge in [0.1, 0.15) is 65.9 Å². The summed E-state index contributed by atoms with van der Waals surface area (Å²) in [5, 5.41) is 98.7. The van der Waals surface area contributed by atoms with Crippen molar-refractivity contribution < 1.29 is 84.3 Å². The Hall–Kier alpha value is -3.46. The molecular weight excluding hydrogens is 680 g/mol. The summed E-state index contributed by atoms with van der Waals surface area (Å²) in [6.45, 7) is 2.01.